The summed E-state index contributed by atoms with van der Waals surface area (Å²) < 4.78 is 0. The zero-order valence-electron chi connectivity index (χ0n) is 14.5. The van der Waals surface area contributed by atoms with Crippen molar-refractivity contribution >= 4 is 17.3 Å². The van der Waals surface area contributed by atoms with Crippen LogP contribution < -0.4 is 0 Å². The minimum Gasteiger partial charge on any atom is -0.411 e. The number of carbonyl (C=O) groups excluding carboxylic acids is 2. The number of carbonyl (C=O) groups is 2. The van der Waals surface area contributed by atoms with Gasteiger partial charge in [0.15, 0.2) is 0 Å². The lowest BCUT2D eigenvalue weighted by Crippen LogP contribution is -2.62. The fourth-order valence-electron chi connectivity index (χ4n) is 6.74. The van der Waals surface area contributed by atoms with Gasteiger partial charge in [0.25, 0.3) is 0 Å². The lowest BCUT2D eigenvalue weighted by Gasteiger charge is -2.60. The number of ketones is 2. The molecule has 4 saturated carbocycles. The molecule has 0 aromatic rings. The smallest absolute Gasteiger partial charge is 0.139 e. The number of hydrogen-bond donors (Lipinski definition) is 2. The van der Waals surface area contributed by atoms with Crippen molar-refractivity contribution < 1.29 is 19.9 Å². The maximum absolute atomic E-state index is 12.5. The van der Waals surface area contributed by atoms with Gasteiger partial charge in [0.2, 0.25) is 0 Å². The van der Waals surface area contributed by atoms with E-state index in [9.17, 15) is 19.9 Å². The van der Waals surface area contributed by atoms with Gasteiger partial charge in [-0.1, -0.05) is 19.0 Å². The van der Waals surface area contributed by atoms with Gasteiger partial charge in [-0.25, -0.2) is 0 Å². The van der Waals surface area contributed by atoms with E-state index in [-0.39, 0.29) is 34.4 Å². The number of fused-ring (bicyclic) bond motifs is 5. The predicted octanol–water partition coefficient (Wildman–Crippen LogP) is 2.58. The van der Waals surface area contributed by atoms with Crippen molar-refractivity contribution in [2.45, 2.75) is 64.9 Å². The summed E-state index contributed by atoms with van der Waals surface area (Å²) in [5.41, 5.74) is -0.0710. The molecule has 0 radical (unpaired) electrons. The molecule has 0 heterocycles. The van der Waals surface area contributed by atoms with Crippen molar-refractivity contribution in [3.05, 3.63) is 0 Å². The third-order valence-electron chi connectivity index (χ3n) is 8.20. The maximum atomic E-state index is 12.5. The Bertz CT molecular complexity index is 629. The van der Waals surface area contributed by atoms with Gasteiger partial charge in [-0.2, -0.15) is 0 Å². The van der Waals surface area contributed by atoms with Crippen LogP contribution in [0.2, 0.25) is 0 Å². The Hall–Kier alpha value is -1.23. The Morgan fingerprint density at radius 2 is 1.83 bits per heavy atom. The molecule has 4 rings (SSSR count). The van der Waals surface area contributed by atoms with Crippen molar-refractivity contribution in [1.29, 1.82) is 0 Å². The molecule has 24 heavy (non-hydrogen) atoms. The van der Waals surface area contributed by atoms with Gasteiger partial charge in [-0.3, -0.25) is 9.59 Å². The second kappa shape index (κ2) is 5.13. The molecular weight excluding hydrogens is 306 g/mol. The first-order chi connectivity index (χ1) is 11.3. The molecule has 0 amide bonds. The third kappa shape index (κ3) is 1.88. The van der Waals surface area contributed by atoms with Crippen LogP contribution in [-0.2, 0) is 9.59 Å². The maximum Gasteiger partial charge on any atom is 0.139 e. The summed E-state index contributed by atoms with van der Waals surface area (Å²) >= 11 is 0. The molecule has 4 aliphatic carbocycles. The minimum atomic E-state index is -0.834. The highest BCUT2D eigenvalue weighted by atomic mass is 16.4. The van der Waals surface area contributed by atoms with Gasteiger partial charge in [0, 0.05) is 30.6 Å². The fraction of sp³-hybridized carbons (Fsp3) is 0.842. The van der Waals surface area contributed by atoms with Crippen LogP contribution in [-0.4, -0.2) is 33.7 Å². The summed E-state index contributed by atoms with van der Waals surface area (Å²) in [5, 5.41) is 24.1. The number of nitrogens with zero attached hydrogens (tertiary/aromatic N) is 1. The van der Waals surface area contributed by atoms with Crippen LogP contribution in [0.1, 0.15) is 58.8 Å². The van der Waals surface area contributed by atoms with Crippen LogP contribution in [0.15, 0.2) is 5.16 Å². The molecule has 0 aliphatic heterocycles. The van der Waals surface area contributed by atoms with Crippen LogP contribution in [0.25, 0.3) is 0 Å². The van der Waals surface area contributed by atoms with Crippen LogP contribution in [0.5, 0.6) is 0 Å². The van der Waals surface area contributed by atoms with Crippen molar-refractivity contribution in [3.8, 4) is 0 Å². The van der Waals surface area contributed by atoms with E-state index in [1.807, 2.05) is 0 Å². The van der Waals surface area contributed by atoms with Crippen molar-refractivity contribution in [1.82, 2.24) is 0 Å². The summed E-state index contributed by atoms with van der Waals surface area (Å²) in [6.45, 7) is 4.27. The zero-order valence-corrected chi connectivity index (χ0v) is 14.5. The van der Waals surface area contributed by atoms with Crippen molar-refractivity contribution in [2.75, 3.05) is 0 Å². The van der Waals surface area contributed by atoms with Gasteiger partial charge in [0.1, 0.15) is 11.6 Å². The topological polar surface area (TPSA) is 87.0 Å². The Kier molecular flexibility index (Phi) is 3.48. The number of oxime groups is 1. The quantitative estimate of drug-likeness (QED) is 0.527. The second-order valence-corrected chi connectivity index (χ2v) is 8.98. The van der Waals surface area contributed by atoms with Crippen LogP contribution in [0.3, 0.4) is 0 Å². The Labute approximate surface area is 142 Å². The highest BCUT2D eigenvalue weighted by molar-refractivity contribution is 5.97. The van der Waals surface area contributed by atoms with E-state index >= 15 is 0 Å². The molecule has 2 N–H and O–H groups in total. The standard InChI is InChI=1S/C19H27NO4/c1-18-7-5-10(21)9-13(18)16(20-24)17(23)15-11-3-4-14(22)19(11,2)8-6-12(15)18/h11-13,15,17,23-24H,3-9H2,1-2H3/b20-16+/t11-,12+,13?,15-,17?,18+,19-/m0/s1. The van der Waals surface area contributed by atoms with Crippen LogP contribution in [0, 0.1) is 34.5 Å². The monoisotopic (exact) mass is 333 g/mol. The Balaban J connectivity index is 1.79. The molecular formula is C19H27NO4. The molecule has 2 unspecified atom stereocenters. The molecule has 4 aliphatic rings. The first-order valence-electron chi connectivity index (χ1n) is 9.28. The first-order valence-corrected chi connectivity index (χ1v) is 9.28. The average molecular weight is 333 g/mol. The normalized spacial score (nSPS) is 52.8. The summed E-state index contributed by atoms with van der Waals surface area (Å²) in [6.07, 6.45) is 4.13. The molecule has 132 valence electrons. The van der Waals surface area contributed by atoms with E-state index in [4.69, 9.17) is 0 Å². The lowest BCUT2D eigenvalue weighted by atomic mass is 9.44. The van der Waals surface area contributed by atoms with Crippen LogP contribution in [0.4, 0.5) is 0 Å². The fourth-order valence-corrected chi connectivity index (χ4v) is 6.74. The Morgan fingerprint density at radius 1 is 1.08 bits per heavy atom. The first kappa shape index (κ1) is 16.2. The molecule has 0 aromatic heterocycles. The van der Waals surface area contributed by atoms with Crippen molar-refractivity contribution in [3.63, 3.8) is 0 Å². The van der Waals surface area contributed by atoms with E-state index in [2.05, 4.69) is 19.0 Å². The summed E-state index contributed by atoms with van der Waals surface area (Å²) in [5.74, 6) is 0.774. The number of aliphatic hydroxyl groups excluding tert-OH is 1. The molecule has 0 bridgehead atoms. The van der Waals surface area contributed by atoms with Gasteiger partial charge in [-0.05, 0) is 48.9 Å². The summed E-state index contributed by atoms with van der Waals surface area (Å²) in [4.78, 5) is 24.5. The van der Waals surface area contributed by atoms with E-state index in [0.717, 1.165) is 25.7 Å². The molecule has 4 fully saturated rings. The van der Waals surface area contributed by atoms with Crippen molar-refractivity contribution in [2.24, 2.45) is 39.7 Å². The molecule has 7 atom stereocenters. The molecule has 0 saturated heterocycles. The van der Waals surface area contributed by atoms with Crippen LogP contribution >= 0.6 is 0 Å². The van der Waals surface area contributed by atoms with Gasteiger partial charge in [0.05, 0.1) is 11.8 Å². The SMILES string of the molecule is C[C@]12CCC(=O)CC1/C(=N\O)C(O)[C@@H]1[C@H]2CC[C@]2(C)C(=O)CC[C@@H]12. The molecule has 0 aromatic carbocycles. The van der Waals surface area contributed by atoms with E-state index in [0.29, 0.717) is 36.7 Å². The highest BCUT2D eigenvalue weighted by Gasteiger charge is 2.64. The zero-order chi connectivity index (χ0) is 17.3. The highest BCUT2D eigenvalue weighted by Crippen LogP contribution is 2.64. The van der Waals surface area contributed by atoms with Gasteiger partial charge in [-0.15, -0.1) is 0 Å². The lowest BCUT2D eigenvalue weighted by molar-refractivity contribution is -0.143. The number of aliphatic hydroxyl groups is 1. The number of Topliss-reactive ketones (excluding diaryl/α,β-unsaturated/α-hetero) is 2. The molecule has 5 nitrogen and oxygen atoms in total. The minimum absolute atomic E-state index is 0.0319. The third-order valence-corrected chi connectivity index (χ3v) is 8.20. The van der Waals surface area contributed by atoms with E-state index < -0.39 is 6.10 Å². The van der Waals surface area contributed by atoms with E-state index in [1.54, 1.807) is 0 Å². The van der Waals surface area contributed by atoms with E-state index in [1.165, 1.54) is 0 Å². The Morgan fingerprint density at radius 3 is 2.54 bits per heavy atom. The summed E-state index contributed by atoms with van der Waals surface area (Å²) in [6, 6.07) is 0. The number of rotatable bonds is 0. The summed E-state index contributed by atoms with van der Waals surface area (Å²) in [7, 11) is 0. The largest absolute Gasteiger partial charge is 0.411 e. The predicted molar refractivity (Wildman–Crippen MR) is 87.7 cm³/mol. The number of hydrogen-bond acceptors (Lipinski definition) is 5. The molecule has 0 spiro atoms. The average Bonchev–Trinajstić information content (AvgIpc) is 2.85. The molecule has 5 heteroatoms. The van der Waals surface area contributed by atoms with Gasteiger partial charge >= 0.3 is 0 Å². The van der Waals surface area contributed by atoms with Gasteiger partial charge < -0.3 is 10.3 Å². The second-order valence-electron chi connectivity index (χ2n) is 8.98.